The minimum absolute atomic E-state index is 0.193. The number of aryl methyl sites for hydroxylation is 1. The fourth-order valence-electron chi connectivity index (χ4n) is 1.06. The van der Waals surface area contributed by atoms with Crippen molar-refractivity contribution in [3.05, 3.63) is 40.7 Å². The first-order valence-corrected chi connectivity index (χ1v) is 4.18. The van der Waals surface area contributed by atoms with E-state index in [1.807, 2.05) is 0 Å². The minimum atomic E-state index is -0.992. The molecule has 1 aromatic rings. The average molecular weight is 194 g/mol. The van der Waals surface area contributed by atoms with E-state index < -0.39 is 5.97 Å². The van der Waals surface area contributed by atoms with Crippen LogP contribution in [0.3, 0.4) is 0 Å². The molecule has 0 saturated heterocycles. The number of benzene rings is 1. The van der Waals surface area contributed by atoms with E-state index >= 15 is 0 Å². The van der Waals surface area contributed by atoms with Crippen molar-refractivity contribution in [1.82, 2.24) is 0 Å². The summed E-state index contributed by atoms with van der Waals surface area (Å²) >= 11 is 0. The summed E-state index contributed by atoms with van der Waals surface area (Å²) in [5.41, 5.74) is 1.65. The second-order valence-corrected chi connectivity index (χ2v) is 3.13. The zero-order valence-corrected chi connectivity index (χ0v) is 8.04. The van der Waals surface area contributed by atoms with E-state index in [1.54, 1.807) is 13.0 Å². The molecule has 0 fully saturated rings. The number of halogens is 1. The van der Waals surface area contributed by atoms with Crippen molar-refractivity contribution in [1.29, 1.82) is 0 Å². The summed E-state index contributed by atoms with van der Waals surface area (Å²) < 4.78 is 12.8. The van der Waals surface area contributed by atoms with Crippen LogP contribution >= 0.6 is 0 Å². The number of carbonyl (C=O) groups is 1. The van der Waals surface area contributed by atoms with Gasteiger partial charge in [0.1, 0.15) is 5.82 Å². The van der Waals surface area contributed by atoms with Gasteiger partial charge in [-0.3, -0.25) is 0 Å². The molecule has 0 radical (unpaired) electrons. The molecule has 0 aliphatic carbocycles. The SMILES string of the molecule is C/C(=C/c1cc(F)ccc1C)C(=O)O. The fraction of sp³-hybridized carbons (Fsp3) is 0.182. The molecule has 1 aromatic carbocycles. The zero-order valence-electron chi connectivity index (χ0n) is 8.04. The first kappa shape index (κ1) is 10.4. The summed E-state index contributed by atoms with van der Waals surface area (Å²) in [6, 6.07) is 4.29. The van der Waals surface area contributed by atoms with Crippen LogP contribution in [0.2, 0.25) is 0 Å². The zero-order chi connectivity index (χ0) is 10.7. The first-order chi connectivity index (χ1) is 6.50. The number of carboxylic acids is 1. The van der Waals surface area contributed by atoms with Crippen molar-refractivity contribution < 1.29 is 14.3 Å². The Balaban J connectivity index is 3.13. The average Bonchev–Trinajstić information content (AvgIpc) is 2.11. The molecule has 0 aliphatic heterocycles. The van der Waals surface area contributed by atoms with E-state index in [4.69, 9.17) is 5.11 Å². The molecule has 14 heavy (non-hydrogen) atoms. The van der Waals surface area contributed by atoms with Crippen LogP contribution in [-0.4, -0.2) is 11.1 Å². The van der Waals surface area contributed by atoms with Gasteiger partial charge < -0.3 is 5.11 Å². The molecule has 1 rings (SSSR count). The van der Waals surface area contributed by atoms with Crippen LogP contribution in [0.1, 0.15) is 18.1 Å². The van der Waals surface area contributed by atoms with Crippen LogP contribution in [0, 0.1) is 12.7 Å². The summed E-state index contributed by atoms with van der Waals surface area (Å²) in [5.74, 6) is -1.35. The highest BCUT2D eigenvalue weighted by atomic mass is 19.1. The molecule has 0 aromatic heterocycles. The third-order valence-electron chi connectivity index (χ3n) is 1.95. The largest absolute Gasteiger partial charge is 0.478 e. The molecule has 0 atom stereocenters. The van der Waals surface area contributed by atoms with E-state index in [1.165, 1.54) is 25.1 Å². The predicted octanol–water partition coefficient (Wildman–Crippen LogP) is 2.62. The highest BCUT2D eigenvalue weighted by molar-refractivity contribution is 5.91. The quantitative estimate of drug-likeness (QED) is 0.735. The van der Waals surface area contributed by atoms with E-state index in [0.717, 1.165) is 5.56 Å². The molecule has 0 bridgehead atoms. The van der Waals surface area contributed by atoms with E-state index in [2.05, 4.69) is 0 Å². The van der Waals surface area contributed by atoms with Crippen LogP contribution < -0.4 is 0 Å². The van der Waals surface area contributed by atoms with Gasteiger partial charge >= 0.3 is 5.97 Å². The van der Waals surface area contributed by atoms with Gasteiger partial charge in [0.15, 0.2) is 0 Å². The Morgan fingerprint density at radius 3 is 2.71 bits per heavy atom. The summed E-state index contributed by atoms with van der Waals surface area (Å²) in [5, 5.41) is 8.64. The molecule has 0 unspecified atom stereocenters. The van der Waals surface area contributed by atoms with E-state index in [0.29, 0.717) is 5.56 Å². The van der Waals surface area contributed by atoms with Gasteiger partial charge in [0, 0.05) is 5.57 Å². The van der Waals surface area contributed by atoms with Crippen LogP contribution in [0.4, 0.5) is 4.39 Å². The Morgan fingerprint density at radius 1 is 1.50 bits per heavy atom. The lowest BCUT2D eigenvalue weighted by Gasteiger charge is -2.01. The second-order valence-electron chi connectivity index (χ2n) is 3.13. The number of hydrogen-bond donors (Lipinski definition) is 1. The van der Waals surface area contributed by atoms with Gasteiger partial charge in [-0.2, -0.15) is 0 Å². The molecule has 3 heteroatoms. The summed E-state index contributed by atoms with van der Waals surface area (Å²) in [7, 11) is 0. The fourth-order valence-corrected chi connectivity index (χ4v) is 1.06. The Kier molecular flexibility index (Phi) is 3.02. The Bertz CT molecular complexity index is 394. The maximum absolute atomic E-state index is 12.8. The lowest BCUT2D eigenvalue weighted by molar-refractivity contribution is -0.132. The molecule has 2 nitrogen and oxygen atoms in total. The van der Waals surface area contributed by atoms with Crippen molar-refractivity contribution in [2.75, 3.05) is 0 Å². The monoisotopic (exact) mass is 194 g/mol. The van der Waals surface area contributed by atoms with Crippen LogP contribution in [-0.2, 0) is 4.79 Å². The summed E-state index contributed by atoms with van der Waals surface area (Å²) in [6.45, 7) is 3.28. The molecule has 0 amide bonds. The van der Waals surface area contributed by atoms with Gasteiger partial charge in [0.25, 0.3) is 0 Å². The first-order valence-electron chi connectivity index (χ1n) is 4.18. The highest BCUT2D eigenvalue weighted by Gasteiger charge is 2.02. The second kappa shape index (κ2) is 4.05. The normalized spacial score (nSPS) is 11.5. The minimum Gasteiger partial charge on any atom is -0.478 e. The number of aliphatic carboxylic acids is 1. The molecule has 0 spiro atoms. The lowest BCUT2D eigenvalue weighted by Crippen LogP contribution is -1.96. The van der Waals surface area contributed by atoms with Gasteiger partial charge in [0.05, 0.1) is 0 Å². The summed E-state index contributed by atoms with van der Waals surface area (Å²) in [4.78, 5) is 10.5. The summed E-state index contributed by atoms with van der Waals surface area (Å²) in [6.07, 6.45) is 1.46. The third kappa shape index (κ3) is 2.42. The van der Waals surface area contributed by atoms with E-state index in [-0.39, 0.29) is 11.4 Å². The molecule has 74 valence electrons. The number of rotatable bonds is 2. The van der Waals surface area contributed by atoms with Crippen LogP contribution in [0.15, 0.2) is 23.8 Å². The highest BCUT2D eigenvalue weighted by Crippen LogP contribution is 2.14. The Morgan fingerprint density at radius 2 is 2.14 bits per heavy atom. The van der Waals surface area contributed by atoms with Crippen LogP contribution in [0.5, 0.6) is 0 Å². The number of carboxylic acid groups (broad SMARTS) is 1. The molecule has 0 saturated carbocycles. The third-order valence-corrected chi connectivity index (χ3v) is 1.95. The Labute approximate surface area is 81.7 Å². The van der Waals surface area contributed by atoms with Gasteiger partial charge in [0.2, 0.25) is 0 Å². The number of hydrogen-bond acceptors (Lipinski definition) is 1. The molecule has 1 N–H and O–H groups in total. The lowest BCUT2D eigenvalue weighted by atomic mass is 10.1. The predicted molar refractivity (Wildman–Crippen MR) is 52.4 cm³/mol. The maximum atomic E-state index is 12.8. The molecule has 0 aliphatic rings. The maximum Gasteiger partial charge on any atom is 0.331 e. The smallest absolute Gasteiger partial charge is 0.331 e. The molecular weight excluding hydrogens is 183 g/mol. The van der Waals surface area contributed by atoms with E-state index in [9.17, 15) is 9.18 Å². The Hall–Kier alpha value is -1.64. The van der Waals surface area contributed by atoms with Crippen molar-refractivity contribution in [2.24, 2.45) is 0 Å². The van der Waals surface area contributed by atoms with Crippen molar-refractivity contribution >= 4 is 12.0 Å². The molecule has 0 heterocycles. The van der Waals surface area contributed by atoms with Crippen molar-refractivity contribution in [3.63, 3.8) is 0 Å². The van der Waals surface area contributed by atoms with Crippen molar-refractivity contribution in [2.45, 2.75) is 13.8 Å². The van der Waals surface area contributed by atoms with Gasteiger partial charge in [-0.15, -0.1) is 0 Å². The topological polar surface area (TPSA) is 37.3 Å². The molecular formula is C11H11FO2. The van der Waals surface area contributed by atoms with Gasteiger partial charge in [-0.25, -0.2) is 9.18 Å². The van der Waals surface area contributed by atoms with Gasteiger partial charge in [-0.05, 0) is 43.2 Å². The van der Waals surface area contributed by atoms with Gasteiger partial charge in [-0.1, -0.05) is 6.07 Å². The standard InChI is InChI=1S/C11H11FO2/c1-7-3-4-10(12)6-9(7)5-8(2)11(13)14/h3-6H,1-2H3,(H,13,14)/b8-5-. The van der Waals surface area contributed by atoms with Crippen molar-refractivity contribution in [3.8, 4) is 0 Å². The van der Waals surface area contributed by atoms with Crippen LogP contribution in [0.25, 0.3) is 6.08 Å².